The average Bonchev–Trinajstić information content (AvgIpc) is 3.02. The number of nitrogens with zero attached hydrogens (tertiary/aromatic N) is 3. The molecule has 0 saturated carbocycles. The van der Waals surface area contributed by atoms with Crippen molar-refractivity contribution in [3.05, 3.63) is 70.9 Å². The molecule has 0 atom stereocenters. The summed E-state index contributed by atoms with van der Waals surface area (Å²) in [5.41, 5.74) is 4.73. The molecule has 0 fully saturated rings. The Kier molecular flexibility index (Phi) is 6.14. The van der Waals surface area contributed by atoms with Crippen LogP contribution in [0.25, 0.3) is 0 Å². The van der Waals surface area contributed by atoms with Gasteiger partial charge in [-0.25, -0.2) is 4.98 Å². The quantitative estimate of drug-likeness (QED) is 0.534. The molecule has 3 N–H and O–H groups in total. The van der Waals surface area contributed by atoms with E-state index < -0.39 is 0 Å². The first-order valence-corrected chi connectivity index (χ1v) is 9.02. The van der Waals surface area contributed by atoms with Crippen molar-refractivity contribution in [2.24, 2.45) is 0 Å². The summed E-state index contributed by atoms with van der Waals surface area (Å²) in [4.78, 5) is 20.8. The lowest BCUT2D eigenvalue weighted by molar-refractivity contribution is 0.0953. The molecular formula is C20H24N6O. The molecule has 0 aliphatic rings. The lowest BCUT2D eigenvalue weighted by atomic mass is 10.2. The fourth-order valence-electron chi connectivity index (χ4n) is 2.77. The summed E-state index contributed by atoms with van der Waals surface area (Å²) in [6.07, 6.45) is 5.06. The number of aromatic amines is 1. The van der Waals surface area contributed by atoms with Crippen LogP contribution in [0.3, 0.4) is 0 Å². The Morgan fingerprint density at radius 2 is 2.04 bits per heavy atom. The third-order valence-electron chi connectivity index (χ3n) is 4.37. The van der Waals surface area contributed by atoms with Crippen molar-refractivity contribution in [3.63, 3.8) is 0 Å². The van der Waals surface area contributed by atoms with Gasteiger partial charge in [0, 0.05) is 42.4 Å². The lowest BCUT2D eigenvalue weighted by Crippen LogP contribution is -2.25. The zero-order chi connectivity index (χ0) is 19.1. The highest BCUT2D eigenvalue weighted by molar-refractivity contribution is 5.94. The van der Waals surface area contributed by atoms with E-state index in [2.05, 4.69) is 30.8 Å². The molecule has 0 spiro atoms. The molecule has 7 nitrogen and oxygen atoms in total. The van der Waals surface area contributed by atoms with E-state index >= 15 is 0 Å². The number of aromatic nitrogens is 4. The summed E-state index contributed by atoms with van der Waals surface area (Å²) >= 11 is 0. The predicted molar refractivity (Wildman–Crippen MR) is 105 cm³/mol. The van der Waals surface area contributed by atoms with Crippen LogP contribution in [0.2, 0.25) is 0 Å². The summed E-state index contributed by atoms with van der Waals surface area (Å²) in [7, 11) is 0. The van der Waals surface area contributed by atoms with Gasteiger partial charge in [0.1, 0.15) is 5.82 Å². The number of carbonyl (C=O) groups excluding carboxylic acids is 1. The van der Waals surface area contributed by atoms with Crippen molar-refractivity contribution in [1.82, 2.24) is 25.5 Å². The van der Waals surface area contributed by atoms with Crippen LogP contribution in [0.4, 0.5) is 5.82 Å². The van der Waals surface area contributed by atoms with Crippen LogP contribution in [0.1, 0.15) is 39.4 Å². The van der Waals surface area contributed by atoms with Crippen LogP contribution in [0.5, 0.6) is 0 Å². The molecule has 140 valence electrons. The largest absolute Gasteiger partial charge is 0.366 e. The van der Waals surface area contributed by atoms with Crippen LogP contribution < -0.4 is 10.6 Å². The molecule has 3 aromatic heterocycles. The fourth-order valence-corrected chi connectivity index (χ4v) is 2.77. The Hall–Kier alpha value is -3.22. The molecule has 0 aliphatic carbocycles. The molecule has 0 unspecified atom stereocenters. The van der Waals surface area contributed by atoms with Gasteiger partial charge in [0.15, 0.2) is 0 Å². The van der Waals surface area contributed by atoms with Gasteiger partial charge in [-0.2, -0.15) is 5.10 Å². The number of aryl methyl sites for hydroxylation is 3. The van der Waals surface area contributed by atoms with E-state index in [0.717, 1.165) is 41.3 Å². The molecule has 3 rings (SSSR count). The minimum atomic E-state index is -0.114. The molecule has 0 aromatic carbocycles. The van der Waals surface area contributed by atoms with Gasteiger partial charge in [0.2, 0.25) is 0 Å². The second-order valence-corrected chi connectivity index (χ2v) is 6.38. The molecule has 0 bridgehead atoms. The van der Waals surface area contributed by atoms with Crippen LogP contribution in [0, 0.1) is 13.8 Å². The van der Waals surface area contributed by atoms with Crippen molar-refractivity contribution in [2.45, 2.75) is 33.2 Å². The second-order valence-electron chi connectivity index (χ2n) is 6.38. The number of carbonyl (C=O) groups is 1. The summed E-state index contributed by atoms with van der Waals surface area (Å²) in [5, 5.41) is 13.3. The number of hydrogen-bond donors (Lipinski definition) is 3. The maximum absolute atomic E-state index is 12.2. The Balaban J connectivity index is 1.44. The van der Waals surface area contributed by atoms with E-state index in [4.69, 9.17) is 0 Å². The van der Waals surface area contributed by atoms with Crippen molar-refractivity contribution in [2.75, 3.05) is 11.9 Å². The smallest absolute Gasteiger partial charge is 0.252 e. The van der Waals surface area contributed by atoms with Crippen molar-refractivity contribution >= 4 is 11.7 Å². The van der Waals surface area contributed by atoms with E-state index in [1.807, 2.05) is 38.1 Å². The standard InChI is InChI=1S/C20H24N6O/c1-14-18(15(2)26-25-14)13-24-19-9-8-16(12-23-19)20(27)22-11-5-7-17-6-3-4-10-21-17/h3-4,6,8-10,12H,5,7,11,13H2,1-2H3,(H,22,27)(H,23,24)(H,25,26). The molecular weight excluding hydrogens is 340 g/mol. The number of amides is 1. The SMILES string of the molecule is Cc1n[nH]c(C)c1CNc1ccc(C(=O)NCCCc2ccccn2)cn1. The summed E-state index contributed by atoms with van der Waals surface area (Å²) in [6.45, 7) is 5.20. The maximum atomic E-state index is 12.2. The number of rotatable bonds is 8. The molecule has 7 heteroatoms. The summed E-state index contributed by atoms with van der Waals surface area (Å²) in [5.74, 6) is 0.610. The van der Waals surface area contributed by atoms with Crippen LogP contribution >= 0.6 is 0 Å². The first kappa shape index (κ1) is 18.6. The van der Waals surface area contributed by atoms with Gasteiger partial charge >= 0.3 is 0 Å². The Labute approximate surface area is 158 Å². The van der Waals surface area contributed by atoms with Crippen LogP contribution in [-0.4, -0.2) is 32.6 Å². The predicted octanol–water partition coefficient (Wildman–Crippen LogP) is 2.79. The minimum absolute atomic E-state index is 0.114. The number of H-pyrrole nitrogens is 1. The van der Waals surface area contributed by atoms with E-state index in [9.17, 15) is 4.79 Å². The molecule has 27 heavy (non-hydrogen) atoms. The average molecular weight is 364 g/mol. The highest BCUT2D eigenvalue weighted by atomic mass is 16.1. The topological polar surface area (TPSA) is 95.6 Å². The number of nitrogens with one attached hydrogen (secondary N) is 3. The molecule has 0 aliphatic heterocycles. The summed E-state index contributed by atoms with van der Waals surface area (Å²) < 4.78 is 0. The number of anilines is 1. The van der Waals surface area contributed by atoms with E-state index in [1.54, 1.807) is 18.5 Å². The van der Waals surface area contributed by atoms with Gasteiger partial charge in [0.05, 0.1) is 11.3 Å². The molecule has 0 saturated heterocycles. The highest BCUT2D eigenvalue weighted by Crippen LogP contribution is 2.12. The van der Waals surface area contributed by atoms with Crippen molar-refractivity contribution < 1.29 is 4.79 Å². The van der Waals surface area contributed by atoms with Gasteiger partial charge in [-0.05, 0) is 51.0 Å². The molecule has 1 amide bonds. The van der Waals surface area contributed by atoms with Crippen molar-refractivity contribution in [1.29, 1.82) is 0 Å². The Bertz CT molecular complexity index is 854. The monoisotopic (exact) mass is 364 g/mol. The van der Waals surface area contributed by atoms with E-state index in [0.29, 0.717) is 18.7 Å². The van der Waals surface area contributed by atoms with Crippen LogP contribution in [0.15, 0.2) is 42.7 Å². The third kappa shape index (κ3) is 5.13. The Morgan fingerprint density at radius 3 is 2.70 bits per heavy atom. The van der Waals surface area contributed by atoms with Crippen molar-refractivity contribution in [3.8, 4) is 0 Å². The lowest BCUT2D eigenvalue weighted by Gasteiger charge is -2.08. The number of hydrogen-bond acceptors (Lipinski definition) is 5. The highest BCUT2D eigenvalue weighted by Gasteiger charge is 2.08. The number of pyridine rings is 2. The maximum Gasteiger partial charge on any atom is 0.252 e. The van der Waals surface area contributed by atoms with Gasteiger partial charge in [-0.3, -0.25) is 14.9 Å². The van der Waals surface area contributed by atoms with Gasteiger partial charge in [-0.15, -0.1) is 0 Å². The molecule has 0 radical (unpaired) electrons. The molecule has 3 aromatic rings. The van der Waals surface area contributed by atoms with E-state index in [1.165, 1.54) is 0 Å². The molecule has 3 heterocycles. The second kappa shape index (κ2) is 8.93. The first-order valence-electron chi connectivity index (χ1n) is 9.02. The first-order chi connectivity index (χ1) is 13.1. The Morgan fingerprint density at radius 1 is 1.15 bits per heavy atom. The normalized spacial score (nSPS) is 10.6. The zero-order valence-corrected chi connectivity index (χ0v) is 15.6. The van der Waals surface area contributed by atoms with Crippen LogP contribution in [-0.2, 0) is 13.0 Å². The zero-order valence-electron chi connectivity index (χ0n) is 15.6. The van der Waals surface area contributed by atoms with Gasteiger partial charge in [-0.1, -0.05) is 6.07 Å². The van der Waals surface area contributed by atoms with E-state index in [-0.39, 0.29) is 5.91 Å². The summed E-state index contributed by atoms with van der Waals surface area (Å²) in [6, 6.07) is 9.45. The van der Waals surface area contributed by atoms with Gasteiger partial charge in [0.25, 0.3) is 5.91 Å². The minimum Gasteiger partial charge on any atom is -0.366 e. The van der Waals surface area contributed by atoms with Gasteiger partial charge < -0.3 is 10.6 Å². The third-order valence-corrected chi connectivity index (χ3v) is 4.37. The fraction of sp³-hybridized carbons (Fsp3) is 0.300.